The van der Waals surface area contributed by atoms with Crippen LogP contribution in [0.5, 0.6) is 0 Å². The highest BCUT2D eigenvalue weighted by atomic mass is 19.1. The number of aryl methyl sites for hydroxylation is 2. The van der Waals surface area contributed by atoms with Gasteiger partial charge in [-0.2, -0.15) is 0 Å². The number of aromatic nitrogens is 2. The van der Waals surface area contributed by atoms with Crippen LogP contribution in [-0.2, 0) is 6.42 Å². The fourth-order valence-corrected chi connectivity index (χ4v) is 2.58. The number of rotatable bonds is 6. The van der Waals surface area contributed by atoms with Crippen molar-refractivity contribution in [2.75, 3.05) is 11.9 Å². The molecule has 6 heteroatoms. The van der Waals surface area contributed by atoms with Gasteiger partial charge in [-0.3, -0.25) is 4.79 Å². The van der Waals surface area contributed by atoms with Crippen molar-refractivity contribution in [3.8, 4) is 0 Å². The van der Waals surface area contributed by atoms with Gasteiger partial charge in [0.15, 0.2) is 0 Å². The number of halogens is 1. The molecule has 1 amide bonds. The summed E-state index contributed by atoms with van der Waals surface area (Å²) in [4.78, 5) is 20.5. The summed E-state index contributed by atoms with van der Waals surface area (Å²) in [7, 11) is 0. The Kier molecular flexibility index (Phi) is 5.76. The van der Waals surface area contributed by atoms with Gasteiger partial charge in [-0.1, -0.05) is 18.2 Å². The predicted octanol–water partition coefficient (Wildman–Crippen LogP) is 3.95. The summed E-state index contributed by atoms with van der Waals surface area (Å²) in [5.74, 6) is 0.00663. The van der Waals surface area contributed by atoms with Crippen LogP contribution in [0.4, 0.5) is 15.9 Å². The third kappa shape index (κ3) is 5.10. The molecule has 3 rings (SSSR count). The van der Waals surface area contributed by atoms with Gasteiger partial charge in [-0.25, -0.2) is 14.4 Å². The fourth-order valence-electron chi connectivity index (χ4n) is 2.58. The van der Waals surface area contributed by atoms with E-state index in [4.69, 9.17) is 0 Å². The van der Waals surface area contributed by atoms with Crippen molar-refractivity contribution < 1.29 is 9.18 Å². The molecule has 0 radical (unpaired) electrons. The first-order chi connectivity index (χ1) is 13.0. The molecule has 0 saturated carbocycles. The minimum atomic E-state index is -0.275. The second-order valence-electron chi connectivity index (χ2n) is 6.34. The number of carbonyl (C=O) groups is 1. The summed E-state index contributed by atoms with van der Waals surface area (Å²) in [5, 5.41) is 6.01. The Hall–Kier alpha value is -3.28. The molecule has 0 spiro atoms. The molecule has 2 aromatic carbocycles. The maximum atomic E-state index is 12.9. The molecule has 138 valence electrons. The van der Waals surface area contributed by atoms with E-state index in [2.05, 4.69) is 27.5 Å². The lowest BCUT2D eigenvalue weighted by Crippen LogP contribution is -2.26. The van der Waals surface area contributed by atoms with Gasteiger partial charge in [-0.05, 0) is 61.2 Å². The Bertz CT molecular complexity index is 941. The van der Waals surface area contributed by atoms with Crippen LogP contribution >= 0.6 is 0 Å². The standard InChI is InChI=1S/C21H21FN4O/c1-14-3-8-18(11-15(14)2)26-20-12-19(24-13-25-20)21(27)23-10-9-16-4-6-17(22)7-5-16/h3-8,11-13H,9-10H2,1-2H3,(H,23,27)(H,24,25,26). The van der Waals surface area contributed by atoms with Gasteiger partial charge >= 0.3 is 0 Å². The van der Waals surface area contributed by atoms with Gasteiger partial charge in [-0.15, -0.1) is 0 Å². The molecule has 1 heterocycles. The topological polar surface area (TPSA) is 66.9 Å². The Morgan fingerprint density at radius 1 is 1.00 bits per heavy atom. The van der Waals surface area contributed by atoms with Crippen molar-refractivity contribution in [1.29, 1.82) is 0 Å². The zero-order valence-electron chi connectivity index (χ0n) is 15.3. The largest absolute Gasteiger partial charge is 0.350 e. The number of nitrogens with one attached hydrogen (secondary N) is 2. The Morgan fingerprint density at radius 3 is 2.52 bits per heavy atom. The highest BCUT2D eigenvalue weighted by Crippen LogP contribution is 2.18. The maximum Gasteiger partial charge on any atom is 0.270 e. The molecule has 0 bridgehead atoms. The average Bonchev–Trinajstić information content (AvgIpc) is 2.66. The third-order valence-electron chi connectivity index (χ3n) is 4.29. The van der Waals surface area contributed by atoms with Gasteiger partial charge in [0.25, 0.3) is 5.91 Å². The smallest absolute Gasteiger partial charge is 0.270 e. The zero-order chi connectivity index (χ0) is 19.2. The number of hydrogen-bond acceptors (Lipinski definition) is 4. The van der Waals surface area contributed by atoms with Crippen molar-refractivity contribution >= 4 is 17.4 Å². The molecule has 0 saturated heterocycles. The molecule has 0 aliphatic heterocycles. The van der Waals surface area contributed by atoms with E-state index in [1.54, 1.807) is 18.2 Å². The summed E-state index contributed by atoms with van der Waals surface area (Å²) in [6.07, 6.45) is 1.98. The van der Waals surface area contributed by atoms with E-state index in [9.17, 15) is 9.18 Å². The normalized spacial score (nSPS) is 10.5. The summed E-state index contributed by atoms with van der Waals surface area (Å²) < 4.78 is 12.9. The third-order valence-corrected chi connectivity index (χ3v) is 4.29. The van der Waals surface area contributed by atoms with Crippen molar-refractivity contribution in [3.63, 3.8) is 0 Å². The molecule has 0 unspecified atom stereocenters. The average molecular weight is 364 g/mol. The Balaban J connectivity index is 1.59. The number of benzene rings is 2. The van der Waals surface area contributed by atoms with E-state index in [1.165, 1.54) is 29.6 Å². The van der Waals surface area contributed by atoms with E-state index in [-0.39, 0.29) is 17.4 Å². The van der Waals surface area contributed by atoms with Crippen LogP contribution in [0.1, 0.15) is 27.2 Å². The number of anilines is 2. The molecule has 2 N–H and O–H groups in total. The molecule has 5 nitrogen and oxygen atoms in total. The van der Waals surface area contributed by atoms with Gasteiger partial charge < -0.3 is 10.6 Å². The van der Waals surface area contributed by atoms with Gasteiger partial charge in [0, 0.05) is 18.3 Å². The molecular weight excluding hydrogens is 343 g/mol. The van der Waals surface area contributed by atoms with Crippen LogP contribution in [0, 0.1) is 19.7 Å². The van der Waals surface area contributed by atoms with E-state index >= 15 is 0 Å². The zero-order valence-corrected chi connectivity index (χ0v) is 15.3. The number of hydrogen-bond donors (Lipinski definition) is 2. The summed E-state index contributed by atoms with van der Waals surface area (Å²) in [5.41, 5.74) is 4.53. The van der Waals surface area contributed by atoms with Gasteiger partial charge in [0.05, 0.1) is 0 Å². The molecule has 1 aromatic heterocycles. The monoisotopic (exact) mass is 364 g/mol. The van der Waals surface area contributed by atoms with Gasteiger partial charge in [0.2, 0.25) is 0 Å². The Morgan fingerprint density at radius 2 is 1.78 bits per heavy atom. The lowest BCUT2D eigenvalue weighted by Gasteiger charge is -2.09. The molecular formula is C21H21FN4O. The first-order valence-corrected chi connectivity index (χ1v) is 8.70. The first-order valence-electron chi connectivity index (χ1n) is 8.70. The minimum absolute atomic E-state index is 0.271. The molecule has 27 heavy (non-hydrogen) atoms. The second-order valence-corrected chi connectivity index (χ2v) is 6.34. The number of carbonyl (C=O) groups excluding carboxylic acids is 1. The predicted molar refractivity (Wildman–Crippen MR) is 104 cm³/mol. The van der Waals surface area contributed by atoms with E-state index in [1.807, 2.05) is 25.1 Å². The van der Waals surface area contributed by atoms with Crippen LogP contribution in [0.25, 0.3) is 0 Å². The highest BCUT2D eigenvalue weighted by molar-refractivity contribution is 5.92. The molecule has 3 aromatic rings. The molecule has 0 fully saturated rings. The van der Waals surface area contributed by atoms with E-state index < -0.39 is 0 Å². The second kappa shape index (κ2) is 8.40. The SMILES string of the molecule is Cc1ccc(Nc2cc(C(=O)NCCc3ccc(F)cc3)ncn2)cc1C. The lowest BCUT2D eigenvalue weighted by atomic mass is 10.1. The number of nitrogens with zero attached hydrogens (tertiary/aromatic N) is 2. The van der Waals surface area contributed by atoms with Crippen LogP contribution in [0.3, 0.4) is 0 Å². The van der Waals surface area contributed by atoms with Crippen molar-refractivity contribution in [3.05, 3.63) is 83.1 Å². The summed E-state index contributed by atoms with van der Waals surface area (Å²) >= 11 is 0. The Labute approximate surface area is 157 Å². The van der Waals surface area contributed by atoms with E-state index in [0.717, 1.165) is 11.3 Å². The van der Waals surface area contributed by atoms with Crippen LogP contribution in [0.2, 0.25) is 0 Å². The molecule has 0 aliphatic rings. The van der Waals surface area contributed by atoms with Crippen LogP contribution in [-0.4, -0.2) is 22.4 Å². The lowest BCUT2D eigenvalue weighted by molar-refractivity contribution is 0.0949. The van der Waals surface area contributed by atoms with Gasteiger partial charge in [0.1, 0.15) is 23.7 Å². The fraction of sp³-hybridized carbons (Fsp3) is 0.190. The van der Waals surface area contributed by atoms with Crippen molar-refractivity contribution in [2.45, 2.75) is 20.3 Å². The minimum Gasteiger partial charge on any atom is -0.350 e. The molecule has 0 atom stereocenters. The first kappa shape index (κ1) is 18.5. The van der Waals surface area contributed by atoms with Crippen molar-refractivity contribution in [1.82, 2.24) is 15.3 Å². The van der Waals surface area contributed by atoms with Crippen LogP contribution < -0.4 is 10.6 Å². The summed E-state index contributed by atoms with van der Waals surface area (Å²) in [6, 6.07) is 13.9. The number of amides is 1. The van der Waals surface area contributed by atoms with E-state index in [0.29, 0.717) is 18.8 Å². The summed E-state index contributed by atoms with van der Waals surface area (Å²) in [6.45, 7) is 4.53. The highest BCUT2D eigenvalue weighted by Gasteiger charge is 2.09. The van der Waals surface area contributed by atoms with Crippen LogP contribution in [0.15, 0.2) is 54.9 Å². The van der Waals surface area contributed by atoms with Crippen molar-refractivity contribution in [2.24, 2.45) is 0 Å². The quantitative estimate of drug-likeness (QED) is 0.695. The maximum absolute atomic E-state index is 12.9. The molecule has 0 aliphatic carbocycles.